The van der Waals surface area contributed by atoms with E-state index in [2.05, 4.69) is 36.1 Å². The van der Waals surface area contributed by atoms with Gasteiger partial charge in [0.25, 0.3) is 0 Å². The molecule has 2 aromatic heterocycles. The molecular formula is C16H18BrN5O2S. The van der Waals surface area contributed by atoms with Gasteiger partial charge in [0.15, 0.2) is 5.65 Å². The third-order valence-corrected chi connectivity index (χ3v) is 5.76. The van der Waals surface area contributed by atoms with Crippen LogP contribution in [0.2, 0.25) is 0 Å². The van der Waals surface area contributed by atoms with Gasteiger partial charge in [0.1, 0.15) is 5.82 Å². The second kappa shape index (κ2) is 7.11. The topological polar surface area (TPSA) is 88.4 Å². The first-order valence-electron chi connectivity index (χ1n) is 7.71. The van der Waals surface area contributed by atoms with Crippen LogP contribution in [0.3, 0.4) is 0 Å². The van der Waals surface area contributed by atoms with Gasteiger partial charge in [-0.2, -0.15) is 5.10 Å². The Balaban J connectivity index is 1.84. The van der Waals surface area contributed by atoms with Gasteiger partial charge >= 0.3 is 0 Å². The van der Waals surface area contributed by atoms with Gasteiger partial charge in [-0.15, -0.1) is 0 Å². The first-order valence-corrected chi connectivity index (χ1v) is 9.98. The van der Waals surface area contributed by atoms with Crippen LogP contribution in [-0.2, 0) is 16.6 Å². The number of nitrogens with one attached hydrogen (secondary N) is 2. The molecule has 0 atom stereocenters. The van der Waals surface area contributed by atoms with Crippen molar-refractivity contribution in [3.8, 4) is 0 Å². The maximum atomic E-state index is 12.5. The summed E-state index contributed by atoms with van der Waals surface area (Å²) in [7, 11) is -3.56. The van der Waals surface area contributed by atoms with Crippen LogP contribution in [-0.4, -0.2) is 29.1 Å². The van der Waals surface area contributed by atoms with Crippen molar-refractivity contribution in [1.82, 2.24) is 19.3 Å². The van der Waals surface area contributed by atoms with E-state index in [1.165, 1.54) is 0 Å². The minimum atomic E-state index is -3.56. The van der Waals surface area contributed by atoms with Crippen molar-refractivity contribution < 1.29 is 8.42 Å². The summed E-state index contributed by atoms with van der Waals surface area (Å²) in [6.07, 6.45) is 3.46. The van der Waals surface area contributed by atoms with Crippen LogP contribution in [0.4, 0.5) is 5.82 Å². The van der Waals surface area contributed by atoms with Gasteiger partial charge in [0.2, 0.25) is 10.0 Å². The fourth-order valence-electron chi connectivity index (χ4n) is 2.41. The smallest absolute Gasteiger partial charge is 0.241 e. The number of benzene rings is 1. The summed E-state index contributed by atoms with van der Waals surface area (Å²) >= 11 is 3.40. The predicted molar refractivity (Wildman–Crippen MR) is 99.9 cm³/mol. The van der Waals surface area contributed by atoms with Gasteiger partial charge in [-0.1, -0.05) is 18.2 Å². The third-order valence-electron chi connectivity index (χ3n) is 3.44. The van der Waals surface area contributed by atoms with Crippen molar-refractivity contribution >= 4 is 37.4 Å². The SMILES string of the molecule is CC(C)NS(=O)(=O)c1ccccc1CNc1ccn2ncc(Br)c2n1. The molecule has 9 heteroatoms. The Bertz CT molecular complexity index is 1000. The standard InChI is InChI=1S/C16H18BrN5O2S/c1-11(2)21-25(23,24)14-6-4-3-5-12(14)9-18-15-7-8-22-16(20-15)13(17)10-19-22/h3-8,10-11,21H,9H2,1-2H3,(H,18,20). The minimum Gasteiger partial charge on any atom is -0.366 e. The van der Waals surface area contributed by atoms with Crippen LogP contribution < -0.4 is 10.0 Å². The number of rotatable bonds is 6. The van der Waals surface area contributed by atoms with E-state index >= 15 is 0 Å². The number of fused-ring (bicyclic) bond motifs is 1. The van der Waals surface area contributed by atoms with E-state index in [4.69, 9.17) is 0 Å². The Morgan fingerprint density at radius 1 is 1.24 bits per heavy atom. The molecule has 0 aliphatic carbocycles. The summed E-state index contributed by atoms with van der Waals surface area (Å²) < 4.78 is 30.0. The average molecular weight is 424 g/mol. The maximum absolute atomic E-state index is 12.5. The first-order chi connectivity index (χ1) is 11.9. The van der Waals surface area contributed by atoms with Crippen molar-refractivity contribution in [3.63, 3.8) is 0 Å². The summed E-state index contributed by atoms with van der Waals surface area (Å²) in [5.41, 5.74) is 1.36. The number of anilines is 1. The number of hydrogen-bond acceptors (Lipinski definition) is 5. The lowest BCUT2D eigenvalue weighted by molar-refractivity contribution is 0.569. The van der Waals surface area contributed by atoms with Crippen molar-refractivity contribution in [3.05, 3.63) is 52.8 Å². The number of nitrogens with zero attached hydrogens (tertiary/aromatic N) is 3. The Hall–Kier alpha value is -1.97. The van der Waals surface area contributed by atoms with E-state index in [0.717, 1.165) is 4.47 Å². The largest absolute Gasteiger partial charge is 0.366 e. The van der Waals surface area contributed by atoms with Crippen LogP contribution in [0.25, 0.3) is 5.65 Å². The van der Waals surface area contributed by atoms with E-state index in [1.54, 1.807) is 55.0 Å². The zero-order valence-corrected chi connectivity index (χ0v) is 16.2. The predicted octanol–water partition coefficient (Wildman–Crippen LogP) is 2.79. The number of halogens is 1. The molecule has 25 heavy (non-hydrogen) atoms. The molecule has 0 aliphatic heterocycles. The highest BCUT2D eigenvalue weighted by Crippen LogP contribution is 2.19. The molecule has 2 N–H and O–H groups in total. The molecule has 0 spiro atoms. The van der Waals surface area contributed by atoms with Gasteiger partial charge in [-0.05, 0) is 47.5 Å². The molecule has 3 rings (SSSR count). The number of aromatic nitrogens is 3. The van der Waals surface area contributed by atoms with E-state index < -0.39 is 10.0 Å². The molecule has 1 aromatic carbocycles. The fourth-order valence-corrected chi connectivity index (χ4v) is 4.26. The van der Waals surface area contributed by atoms with E-state index in [0.29, 0.717) is 23.6 Å². The zero-order chi connectivity index (χ0) is 18.0. The molecule has 0 unspecified atom stereocenters. The first kappa shape index (κ1) is 17.8. The second-order valence-electron chi connectivity index (χ2n) is 5.81. The van der Waals surface area contributed by atoms with Crippen LogP contribution >= 0.6 is 15.9 Å². The molecule has 0 saturated heterocycles. The van der Waals surface area contributed by atoms with Crippen LogP contribution in [0.15, 0.2) is 52.1 Å². The fraction of sp³-hybridized carbons (Fsp3) is 0.250. The molecular weight excluding hydrogens is 406 g/mol. The molecule has 3 aromatic rings. The molecule has 0 saturated carbocycles. The molecule has 0 bridgehead atoms. The van der Waals surface area contributed by atoms with Crippen molar-refractivity contribution in [2.45, 2.75) is 31.3 Å². The van der Waals surface area contributed by atoms with Crippen molar-refractivity contribution in [1.29, 1.82) is 0 Å². The summed E-state index contributed by atoms with van der Waals surface area (Å²) in [5, 5.41) is 7.31. The lowest BCUT2D eigenvalue weighted by Gasteiger charge is -2.14. The number of hydrogen-bond donors (Lipinski definition) is 2. The van der Waals surface area contributed by atoms with Gasteiger partial charge in [-0.25, -0.2) is 22.6 Å². The maximum Gasteiger partial charge on any atom is 0.241 e. The highest BCUT2D eigenvalue weighted by Gasteiger charge is 2.19. The minimum absolute atomic E-state index is 0.172. The van der Waals surface area contributed by atoms with Crippen LogP contribution in [0.5, 0.6) is 0 Å². The second-order valence-corrected chi connectivity index (χ2v) is 8.35. The quantitative estimate of drug-likeness (QED) is 0.636. The van der Waals surface area contributed by atoms with Gasteiger partial charge < -0.3 is 5.32 Å². The molecule has 0 fully saturated rings. The molecule has 0 radical (unpaired) electrons. The van der Waals surface area contributed by atoms with Crippen molar-refractivity contribution in [2.24, 2.45) is 0 Å². The summed E-state index contributed by atoms with van der Waals surface area (Å²) in [4.78, 5) is 4.73. The highest BCUT2D eigenvalue weighted by atomic mass is 79.9. The Morgan fingerprint density at radius 2 is 2.00 bits per heavy atom. The molecule has 7 nitrogen and oxygen atoms in total. The average Bonchev–Trinajstić information content (AvgIpc) is 2.93. The highest BCUT2D eigenvalue weighted by molar-refractivity contribution is 9.10. The lowest BCUT2D eigenvalue weighted by atomic mass is 10.2. The molecule has 132 valence electrons. The van der Waals surface area contributed by atoms with Gasteiger partial charge in [0.05, 0.1) is 15.6 Å². The Morgan fingerprint density at radius 3 is 2.76 bits per heavy atom. The molecule has 0 aliphatic rings. The van der Waals surface area contributed by atoms with Crippen LogP contribution in [0, 0.1) is 0 Å². The monoisotopic (exact) mass is 423 g/mol. The Kier molecular flexibility index (Phi) is 5.07. The summed E-state index contributed by atoms with van der Waals surface area (Å²) in [5.74, 6) is 0.637. The van der Waals surface area contributed by atoms with E-state index in [1.807, 2.05) is 6.07 Å². The third kappa shape index (κ3) is 4.00. The normalized spacial score (nSPS) is 12.0. The molecule has 0 amide bonds. The Labute approximate surface area is 154 Å². The van der Waals surface area contributed by atoms with Crippen LogP contribution in [0.1, 0.15) is 19.4 Å². The summed E-state index contributed by atoms with van der Waals surface area (Å²) in [6.45, 7) is 3.92. The van der Waals surface area contributed by atoms with Gasteiger partial charge in [0, 0.05) is 18.8 Å². The van der Waals surface area contributed by atoms with Gasteiger partial charge in [-0.3, -0.25) is 0 Å². The lowest BCUT2D eigenvalue weighted by Crippen LogP contribution is -2.31. The zero-order valence-electron chi connectivity index (χ0n) is 13.8. The summed E-state index contributed by atoms with van der Waals surface area (Å²) in [6, 6.07) is 8.54. The molecule has 2 heterocycles. The van der Waals surface area contributed by atoms with Crippen molar-refractivity contribution in [2.75, 3.05) is 5.32 Å². The van der Waals surface area contributed by atoms with E-state index in [-0.39, 0.29) is 10.9 Å². The number of sulfonamides is 1. The van der Waals surface area contributed by atoms with E-state index in [9.17, 15) is 8.42 Å².